The molecule has 1 aromatic carbocycles. The van der Waals surface area contributed by atoms with Crippen LogP contribution < -0.4 is 4.94 Å². The first-order valence-electron chi connectivity index (χ1n) is 3.09. The van der Waals surface area contributed by atoms with Crippen LogP contribution in [0.15, 0.2) is 25.8 Å². The lowest BCUT2D eigenvalue weighted by Crippen LogP contribution is -1.79. The third kappa shape index (κ3) is 1.15. The van der Waals surface area contributed by atoms with Crippen molar-refractivity contribution in [3.8, 4) is 5.75 Å². The number of fused-ring (bicyclic) bond motifs is 1. The van der Waals surface area contributed by atoms with E-state index in [1.165, 1.54) is 12.1 Å². The van der Waals surface area contributed by atoms with Crippen molar-refractivity contribution in [3.63, 3.8) is 0 Å². The molecule has 0 unspecified atom stereocenters. The van der Waals surface area contributed by atoms with Gasteiger partial charge in [-0.2, -0.15) is 0 Å². The topological polar surface area (TPSA) is 50.4 Å². The van der Waals surface area contributed by atoms with Crippen molar-refractivity contribution in [2.45, 2.75) is 0 Å². The smallest absolute Gasteiger partial charge is 0.396 e. The molecule has 5 heteroatoms. The maximum atomic E-state index is 10.8. The Morgan fingerprint density at radius 3 is 3.00 bits per heavy atom. The molecule has 2 rings (SSSR count). The van der Waals surface area contributed by atoms with Crippen molar-refractivity contribution in [1.82, 2.24) is 0 Å². The molecule has 62 valence electrons. The number of hydrogen-bond donors (Lipinski definition) is 1. The summed E-state index contributed by atoms with van der Waals surface area (Å²) in [6, 6.07) is 2.98. The van der Waals surface area contributed by atoms with Gasteiger partial charge < -0.3 is 9.52 Å². The van der Waals surface area contributed by atoms with Gasteiger partial charge in [-0.3, -0.25) is 0 Å². The normalized spacial score (nSPS) is 10.8. The maximum absolute atomic E-state index is 10.8. The number of hydrogen-bond acceptors (Lipinski definition) is 4. The zero-order chi connectivity index (χ0) is 8.72. The van der Waals surface area contributed by atoms with Gasteiger partial charge in [0.2, 0.25) is 0 Å². The van der Waals surface area contributed by atoms with Gasteiger partial charge in [0.25, 0.3) is 0 Å². The Labute approximate surface area is 79.4 Å². The van der Waals surface area contributed by atoms with E-state index in [2.05, 4.69) is 15.9 Å². The van der Waals surface area contributed by atoms with Crippen LogP contribution in [-0.2, 0) is 0 Å². The number of rotatable bonds is 0. The Balaban J connectivity index is 2.97. The largest absolute Gasteiger partial charge is 0.508 e. The van der Waals surface area contributed by atoms with Gasteiger partial charge in [-0.25, -0.2) is 4.79 Å². The van der Waals surface area contributed by atoms with E-state index in [9.17, 15) is 4.79 Å². The van der Waals surface area contributed by atoms with E-state index in [1.54, 1.807) is 0 Å². The molecule has 0 radical (unpaired) electrons. The van der Waals surface area contributed by atoms with Crippen LogP contribution in [0.1, 0.15) is 0 Å². The van der Waals surface area contributed by atoms with E-state index < -0.39 is 0 Å². The van der Waals surface area contributed by atoms with Crippen LogP contribution in [0.4, 0.5) is 0 Å². The Hall–Kier alpha value is -0.810. The van der Waals surface area contributed by atoms with Crippen LogP contribution in [0.2, 0.25) is 0 Å². The highest BCUT2D eigenvalue weighted by Crippen LogP contribution is 2.29. The van der Waals surface area contributed by atoms with Crippen molar-refractivity contribution >= 4 is 37.5 Å². The van der Waals surface area contributed by atoms with Crippen LogP contribution >= 0.6 is 27.3 Å². The van der Waals surface area contributed by atoms with Gasteiger partial charge in [0.1, 0.15) is 5.75 Å². The Morgan fingerprint density at radius 1 is 1.50 bits per heavy atom. The molecule has 0 aliphatic carbocycles. The average molecular weight is 247 g/mol. The van der Waals surface area contributed by atoms with Crippen molar-refractivity contribution in [2.75, 3.05) is 0 Å². The highest BCUT2D eigenvalue weighted by Gasteiger charge is 2.07. The molecule has 0 saturated heterocycles. The summed E-state index contributed by atoms with van der Waals surface area (Å²) in [6.07, 6.45) is 0. The fourth-order valence-electron chi connectivity index (χ4n) is 0.923. The molecule has 0 atom stereocenters. The SMILES string of the molecule is O=c1oc2c(Br)cc(O)cc2s1. The lowest BCUT2D eigenvalue weighted by Gasteiger charge is -1.92. The number of phenols is 1. The summed E-state index contributed by atoms with van der Waals surface area (Å²) < 4.78 is 6.10. The average Bonchev–Trinajstić information content (AvgIpc) is 2.29. The number of aromatic hydroxyl groups is 1. The van der Waals surface area contributed by atoms with E-state index >= 15 is 0 Å². The van der Waals surface area contributed by atoms with Gasteiger partial charge in [0.05, 0.1) is 9.17 Å². The molecule has 0 amide bonds. The molecular weight excluding hydrogens is 244 g/mol. The van der Waals surface area contributed by atoms with E-state index in [0.29, 0.717) is 14.8 Å². The quantitative estimate of drug-likeness (QED) is 0.777. The maximum Gasteiger partial charge on any atom is 0.396 e. The fourth-order valence-corrected chi connectivity index (χ4v) is 2.31. The molecule has 1 aromatic heterocycles. The summed E-state index contributed by atoms with van der Waals surface area (Å²) in [6.45, 7) is 0. The van der Waals surface area contributed by atoms with Gasteiger partial charge in [-0.15, -0.1) is 0 Å². The van der Waals surface area contributed by atoms with Crippen LogP contribution in [0, 0.1) is 0 Å². The van der Waals surface area contributed by atoms with Crippen LogP contribution in [0.5, 0.6) is 5.75 Å². The fraction of sp³-hybridized carbons (Fsp3) is 0. The minimum atomic E-state index is -0.365. The molecule has 0 aliphatic rings. The van der Waals surface area contributed by atoms with Gasteiger partial charge >= 0.3 is 4.94 Å². The van der Waals surface area contributed by atoms with E-state index in [-0.39, 0.29) is 10.7 Å². The molecule has 0 bridgehead atoms. The lowest BCUT2D eigenvalue weighted by molar-refractivity contribution is 0.475. The summed E-state index contributed by atoms with van der Waals surface area (Å²) in [5, 5.41) is 9.15. The Morgan fingerprint density at radius 2 is 2.25 bits per heavy atom. The van der Waals surface area contributed by atoms with Crippen molar-refractivity contribution in [2.24, 2.45) is 0 Å². The van der Waals surface area contributed by atoms with Gasteiger partial charge in [0, 0.05) is 6.07 Å². The van der Waals surface area contributed by atoms with E-state index in [1.807, 2.05) is 0 Å². The molecule has 2 aromatic rings. The minimum Gasteiger partial charge on any atom is -0.508 e. The zero-order valence-electron chi connectivity index (χ0n) is 5.70. The Bertz CT molecular complexity index is 485. The zero-order valence-corrected chi connectivity index (χ0v) is 8.11. The molecule has 12 heavy (non-hydrogen) atoms. The molecule has 0 saturated carbocycles. The predicted octanol–water partition coefficient (Wildman–Crippen LogP) is 2.32. The lowest BCUT2D eigenvalue weighted by atomic mass is 10.3. The van der Waals surface area contributed by atoms with Crippen LogP contribution in [-0.4, -0.2) is 5.11 Å². The summed E-state index contributed by atoms with van der Waals surface area (Å²) in [4.78, 5) is 10.4. The van der Waals surface area contributed by atoms with Crippen LogP contribution in [0.3, 0.4) is 0 Å². The second-order valence-electron chi connectivity index (χ2n) is 2.21. The predicted molar refractivity (Wildman–Crippen MR) is 49.7 cm³/mol. The van der Waals surface area contributed by atoms with Crippen molar-refractivity contribution < 1.29 is 9.52 Å². The molecular formula is C7H3BrO3S. The minimum absolute atomic E-state index is 0.117. The summed E-state index contributed by atoms with van der Waals surface area (Å²) >= 11 is 4.14. The molecule has 3 nitrogen and oxygen atoms in total. The molecule has 1 N–H and O–H groups in total. The third-order valence-corrected chi connectivity index (χ3v) is 2.74. The summed E-state index contributed by atoms with van der Waals surface area (Å²) in [7, 11) is 0. The first-order chi connectivity index (χ1) is 5.66. The summed E-state index contributed by atoms with van der Waals surface area (Å²) in [5.41, 5.74) is 0.489. The van der Waals surface area contributed by atoms with Crippen molar-refractivity contribution in [3.05, 3.63) is 26.3 Å². The Kier molecular flexibility index (Phi) is 1.69. The van der Waals surface area contributed by atoms with E-state index in [0.717, 1.165) is 11.3 Å². The first-order valence-corrected chi connectivity index (χ1v) is 4.70. The van der Waals surface area contributed by atoms with Gasteiger partial charge in [0.15, 0.2) is 5.58 Å². The highest BCUT2D eigenvalue weighted by molar-refractivity contribution is 9.10. The van der Waals surface area contributed by atoms with Gasteiger partial charge in [-0.1, -0.05) is 11.3 Å². The molecule has 0 aliphatic heterocycles. The van der Waals surface area contributed by atoms with E-state index in [4.69, 9.17) is 9.52 Å². The number of benzene rings is 1. The number of phenolic OH excluding ortho intramolecular Hbond substituents is 1. The van der Waals surface area contributed by atoms with Gasteiger partial charge in [-0.05, 0) is 22.0 Å². The molecule has 0 fully saturated rings. The third-order valence-electron chi connectivity index (χ3n) is 1.37. The summed E-state index contributed by atoms with van der Waals surface area (Å²) in [5.74, 6) is 0.117. The second kappa shape index (κ2) is 2.60. The monoisotopic (exact) mass is 246 g/mol. The first kappa shape index (κ1) is 7.82. The standard InChI is InChI=1S/C7H3BrO3S/c8-4-1-3(9)2-5-6(4)11-7(10)12-5/h1-2,9H. The molecule has 1 heterocycles. The van der Waals surface area contributed by atoms with Crippen LogP contribution in [0.25, 0.3) is 10.3 Å². The molecule has 0 spiro atoms. The number of halogens is 1. The second-order valence-corrected chi connectivity index (χ2v) is 4.04. The highest BCUT2D eigenvalue weighted by atomic mass is 79.9. The van der Waals surface area contributed by atoms with Crippen molar-refractivity contribution in [1.29, 1.82) is 0 Å².